The van der Waals surface area contributed by atoms with Crippen molar-refractivity contribution in [2.75, 3.05) is 0 Å². The van der Waals surface area contributed by atoms with Crippen LogP contribution >= 0.6 is 0 Å². The second kappa shape index (κ2) is 4.66. The van der Waals surface area contributed by atoms with E-state index in [1.807, 2.05) is 0 Å². The summed E-state index contributed by atoms with van der Waals surface area (Å²) in [5, 5.41) is 10.2. The van der Waals surface area contributed by atoms with Gasteiger partial charge in [-0.15, -0.1) is 0 Å². The SMILES string of the molecule is Cc1cc2c(n1C(C)(C)CC(C)(C)C)CCCC2O. The van der Waals surface area contributed by atoms with Crippen LogP contribution in [-0.2, 0) is 12.0 Å². The van der Waals surface area contributed by atoms with E-state index >= 15 is 0 Å². The van der Waals surface area contributed by atoms with Gasteiger partial charge in [-0.1, -0.05) is 20.8 Å². The van der Waals surface area contributed by atoms with Gasteiger partial charge in [0, 0.05) is 22.5 Å². The topological polar surface area (TPSA) is 25.2 Å². The highest BCUT2D eigenvalue weighted by Gasteiger charge is 2.33. The van der Waals surface area contributed by atoms with Crippen molar-refractivity contribution >= 4 is 0 Å². The molecule has 2 nitrogen and oxygen atoms in total. The van der Waals surface area contributed by atoms with Crippen molar-refractivity contribution in [3.63, 3.8) is 0 Å². The molecule has 1 aromatic rings. The van der Waals surface area contributed by atoms with Crippen LogP contribution in [0.5, 0.6) is 0 Å². The molecule has 1 atom stereocenters. The van der Waals surface area contributed by atoms with Gasteiger partial charge in [0.25, 0.3) is 0 Å². The summed E-state index contributed by atoms with van der Waals surface area (Å²) in [6.07, 6.45) is 4.00. The molecule has 0 spiro atoms. The van der Waals surface area contributed by atoms with E-state index in [-0.39, 0.29) is 11.6 Å². The molecule has 0 saturated carbocycles. The summed E-state index contributed by atoms with van der Waals surface area (Å²) >= 11 is 0. The molecule has 19 heavy (non-hydrogen) atoms. The third-order valence-corrected chi connectivity index (χ3v) is 4.14. The Morgan fingerprint density at radius 1 is 1.26 bits per heavy atom. The van der Waals surface area contributed by atoms with Gasteiger partial charge in [0.2, 0.25) is 0 Å². The number of aromatic nitrogens is 1. The normalized spacial score (nSPS) is 20.5. The van der Waals surface area contributed by atoms with E-state index in [0.717, 1.165) is 25.7 Å². The third kappa shape index (κ3) is 2.89. The van der Waals surface area contributed by atoms with Crippen LogP contribution in [0, 0.1) is 12.3 Å². The lowest BCUT2D eigenvalue weighted by Crippen LogP contribution is -2.34. The van der Waals surface area contributed by atoms with Gasteiger partial charge in [-0.25, -0.2) is 0 Å². The summed E-state index contributed by atoms with van der Waals surface area (Å²) in [6.45, 7) is 13.7. The maximum absolute atomic E-state index is 10.2. The van der Waals surface area contributed by atoms with Crippen molar-refractivity contribution in [3.05, 3.63) is 23.0 Å². The standard InChI is InChI=1S/C17H29NO/c1-12-10-13-14(8-7-9-15(13)19)18(12)17(5,6)11-16(2,3)4/h10,15,19H,7-9,11H2,1-6H3. The summed E-state index contributed by atoms with van der Waals surface area (Å²) in [4.78, 5) is 0. The first-order valence-electron chi connectivity index (χ1n) is 7.51. The predicted molar refractivity (Wildman–Crippen MR) is 80.5 cm³/mol. The lowest BCUT2D eigenvalue weighted by atomic mass is 9.81. The van der Waals surface area contributed by atoms with Gasteiger partial charge in [0.05, 0.1) is 6.10 Å². The molecular formula is C17H29NO. The second-order valence-corrected chi connectivity index (χ2v) is 7.98. The van der Waals surface area contributed by atoms with E-state index in [1.54, 1.807) is 0 Å². The van der Waals surface area contributed by atoms with Gasteiger partial charge in [-0.05, 0) is 57.9 Å². The Kier molecular flexibility index (Phi) is 3.59. The van der Waals surface area contributed by atoms with Crippen LogP contribution < -0.4 is 0 Å². The minimum atomic E-state index is -0.255. The molecule has 1 aliphatic carbocycles. The van der Waals surface area contributed by atoms with Crippen LogP contribution in [0.15, 0.2) is 6.07 Å². The monoisotopic (exact) mass is 263 g/mol. The maximum Gasteiger partial charge on any atom is 0.0807 e. The molecule has 1 unspecified atom stereocenters. The summed E-state index contributed by atoms with van der Waals surface area (Å²) in [5.74, 6) is 0. The highest BCUT2D eigenvalue weighted by Crippen LogP contribution is 2.39. The Labute approximate surface area is 117 Å². The van der Waals surface area contributed by atoms with Crippen molar-refractivity contribution in [2.24, 2.45) is 5.41 Å². The number of rotatable bonds is 2. The van der Waals surface area contributed by atoms with Crippen molar-refractivity contribution in [3.8, 4) is 0 Å². The van der Waals surface area contributed by atoms with Crippen LogP contribution in [0.3, 0.4) is 0 Å². The Morgan fingerprint density at radius 3 is 2.47 bits per heavy atom. The van der Waals surface area contributed by atoms with Crippen molar-refractivity contribution in [2.45, 2.75) is 78.9 Å². The molecule has 1 aromatic heterocycles. The fourth-order valence-corrected chi connectivity index (χ4v) is 4.10. The fraction of sp³-hybridized carbons (Fsp3) is 0.765. The van der Waals surface area contributed by atoms with Gasteiger partial charge < -0.3 is 9.67 Å². The molecule has 0 fully saturated rings. The van der Waals surface area contributed by atoms with Gasteiger partial charge in [-0.2, -0.15) is 0 Å². The molecule has 0 aliphatic heterocycles. The number of nitrogens with zero attached hydrogens (tertiary/aromatic N) is 1. The Bertz CT molecular complexity index is 462. The van der Waals surface area contributed by atoms with E-state index in [4.69, 9.17) is 0 Å². The summed E-state index contributed by atoms with van der Waals surface area (Å²) in [5.41, 5.74) is 4.24. The average Bonchev–Trinajstić information content (AvgIpc) is 2.52. The molecule has 0 radical (unpaired) electrons. The van der Waals surface area contributed by atoms with Crippen molar-refractivity contribution < 1.29 is 5.11 Å². The Balaban J connectivity index is 2.45. The molecule has 1 aliphatic rings. The first kappa shape index (κ1) is 14.6. The average molecular weight is 263 g/mol. The predicted octanol–water partition coefficient (Wildman–Crippen LogP) is 4.34. The Hall–Kier alpha value is -0.760. The molecule has 0 bridgehead atoms. The minimum Gasteiger partial charge on any atom is -0.388 e. The number of aliphatic hydroxyl groups is 1. The number of aliphatic hydroxyl groups excluding tert-OH is 1. The fourth-order valence-electron chi connectivity index (χ4n) is 4.10. The van der Waals surface area contributed by atoms with Gasteiger partial charge in [-0.3, -0.25) is 0 Å². The smallest absolute Gasteiger partial charge is 0.0807 e. The highest BCUT2D eigenvalue weighted by atomic mass is 16.3. The molecule has 2 heteroatoms. The number of fused-ring (bicyclic) bond motifs is 1. The van der Waals surface area contributed by atoms with Crippen LogP contribution in [0.25, 0.3) is 0 Å². The number of aryl methyl sites for hydroxylation is 1. The van der Waals surface area contributed by atoms with Crippen LogP contribution in [0.1, 0.15) is 76.9 Å². The largest absolute Gasteiger partial charge is 0.388 e. The molecule has 1 heterocycles. The molecule has 0 aromatic carbocycles. The number of hydrogen-bond acceptors (Lipinski definition) is 1. The summed E-state index contributed by atoms with van der Waals surface area (Å²) < 4.78 is 2.48. The molecule has 2 rings (SSSR count). The van der Waals surface area contributed by atoms with Gasteiger partial charge in [0.15, 0.2) is 0 Å². The second-order valence-electron chi connectivity index (χ2n) is 7.98. The van der Waals surface area contributed by atoms with Crippen molar-refractivity contribution in [1.29, 1.82) is 0 Å². The van der Waals surface area contributed by atoms with Crippen LogP contribution in [-0.4, -0.2) is 9.67 Å². The van der Waals surface area contributed by atoms with E-state index in [2.05, 4.69) is 52.2 Å². The zero-order valence-electron chi connectivity index (χ0n) is 13.4. The van der Waals surface area contributed by atoms with E-state index in [9.17, 15) is 5.11 Å². The quantitative estimate of drug-likeness (QED) is 0.843. The van der Waals surface area contributed by atoms with Gasteiger partial charge in [0.1, 0.15) is 0 Å². The van der Waals surface area contributed by atoms with E-state index < -0.39 is 0 Å². The maximum atomic E-state index is 10.2. The molecule has 1 N–H and O–H groups in total. The molecular weight excluding hydrogens is 234 g/mol. The summed E-state index contributed by atoms with van der Waals surface area (Å²) in [6, 6.07) is 2.20. The minimum absolute atomic E-state index is 0.104. The van der Waals surface area contributed by atoms with E-state index in [0.29, 0.717) is 5.41 Å². The van der Waals surface area contributed by atoms with Crippen molar-refractivity contribution in [1.82, 2.24) is 4.57 Å². The van der Waals surface area contributed by atoms with Crippen LogP contribution in [0.2, 0.25) is 0 Å². The van der Waals surface area contributed by atoms with Crippen LogP contribution in [0.4, 0.5) is 0 Å². The zero-order chi connectivity index (χ0) is 14.4. The Morgan fingerprint density at radius 2 is 1.89 bits per heavy atom. The third-order valence-electron chi connectivity index (χ3n) is 4.14. The zero-order valence-corrected chi connectivity index (χ0v) is 13.4. The molecule has 0 saturated heterocycles. The summed E-state index contributed by atoms with van der Waals surface area (Å²) in [7, 11) is 0. The number of hydrogen-bond donors (Lipinski definition) is 1. The molecule has 0 amide bonds. The first-order valence-corrected chi connectivity index (χ1v) is 7.51. The lowest BCUT2D eigenvalue weighted by molar-refractivity contribution is 0.151. The van der Waals surface area contributed by atoms with Gasteiger partial charge >= 0.3 is 0 Å². The highest BCUT2D eigenvalue weighted by molar-refractivity contribution is 5.33. The first-order chi connectivity index (χ1) is 8.62. The van der Waals surface area contributed by atoms with E-state index in [1.165, 1.54) is 17.0 Å². The lowest BCUT2D eigenvalue weighted by Gasteiger charge is -2.37. The molecule has 108 valence electrons.